The van der Waals surface area contributed by atoms with Gasteiger partial charge in [-0.1, -0.05) is 71.4 Å². The van der Waals surface area contributed by atoms with E-state index < -0.39 is 0 Å². The maximum Gasteiger partial charge on any atom is 0.191 e. The number of hydrogen-bond acceptors (Lipinski definition) is 7. The fourth-order valence-electron chi connectivity index (χ4n) is 3.88. The molecule has 0 radical (unpaired) electrons. The topological polar surface area (TPSA) is 84.3 Å². The number of anilines is 2. The highest BCUT2D eigenvalue weighted by Crippen LogP contribution is 2.27. The fraction of sp³-hybridized carbons (Fsp3) is 0.333. The Kier molecular flexibility index (Phi) is 8.33. The summed E-state index contributed by atoms with van der Waals surface area (Å²) in [6, 6.07) is 15.7. The first-order chi connectivity index (χ1) is 16.0. The Labute approximate surface area is 209 Å². The normalized spacial score (nSPS) is 15.1. The highest BCUT2D eigenvalue weighted by molar-refractivity contribution is 7.99. The van der Waals surface area contributed by atoms with E-state index >= 15 is 0 Å². The molecule has 0 bridgehead atoms. The molecule has 4 N–H and O–H groups in total. The third-order valence-electron chi connectivity index (χ3n) is 5.83. The fourth-order valence-corrected chi connectivity index (χ4v) is 5.14. The average molecular weight is 504 g/mol. The number of nitrogens with zero attached hydrogens (tertiary/aromatic N) is 4. The molecule has 0 amide bonds. The highest BCUT2D eigenvalue weighted by atomic mass is 35.5. The second kappa shape index (κ2) is 11.4. The molecule has 6 nitrogen and oxygen atoms in total. The first kappa shape index (κ1) is 24.1. The lowest BCUT2D eigenvalue weighted by Crippen LogP contribution is -2.46. The number of halogens is 2. The van der Waals surface area contributed by atoms with Gasteiger partial charge in [0, 0.05) is 67.1 Å². The van der Waals surface area contributed by atoms with E-state index in [4.69, 9.17) is 34.7 Å². The van der Waals surface area contributed by atoms with Crippen LogP contribution in [-0.4, -0.2) is 58.2 Å². The Balaban J connectivity index is 1.25. The van der Waals surface area contributed by atoms with Crippen LogP contribution in [0.25, 0.3) is 0 Å². The van der Waals surface area contributed by atoms with Crippen LogP contribution >= 0.6 is 35.0 Å². The molecule has 4 rings (SSSR count). The van der Waals surface area contributed by atoms with Crippen molar-refractivity contribution in [3.63, 3.8) is 0 Å². The van der Waals surface area contributed by atoms with Crippen LogP contribution < -0.4 is 11.5 Å². The van der Waals surface area contributed by atoms with E-state index in [-0.39, 0.29) is 0 Å². The van der Waals surface area contributed by atoms with Crippen LogP contribution in [-0.2, 0) is 13.0 Å². The van der Waals surface area contributed by atoms with Crippen molar-refractivity contribution >= 4 is 46.6 Å². The summed E-state index contributed by atoms with van der Waals surface area (Å²) in [6.45, 7) is 6.00. The van der Waals surface area contributed by atoms with Gasteiger partial charge in [0.25, 0.3) is 0 Å². The molecule has 0 unspecified atom stereocenters. The number of piperazine rings is 1. The van der Waals surface area contributed by atoms with Gasteiger partial charge in [0.05, 0.1) is 0 Å². The smallest absolute Gasteiger partial charge is 0.191 e. The van der Waals surface area contributed by atoms with Crippen LogP contribution in [0.15, 0.2) is 53.7 Å². The molecule has 0 spiro atoms. The lowest BCUT2D eigenvalue weighted by molar-refractivity contribution is 0.133. The zero-order valence-electron chi connectivity index (χ0n) is 18.4. The molecule has 0 saturated carbocycles. The second-order valence-corrected chi connectivity index (χ2v) is 9.96. The third-order valence-corrected chi connectivity index (χ3v) is 7.40. The van der Waals surface area contributed by atoms with Crippen molar-refractivity contribution < 1.29 is 0 Å². The second-order valence-electron chi connectivity index (χ2n) is 8.08. The van der Waals surface area contributed by atoms with E-state index in [1.54, 1.807) is 11.8 Å². The predicted octanol–water partition coefficient (Wildman–Crippen LogP) is 4.45. The van der Waals surface area contributed by atoms with E-state index in [0.717, 1.165) is 61.2 Å². The molecule has 9 heteroatoms. The molecular formula is C24H28Cl2N6S. The Morgan fingerprint density at radius 3 is 1.94 bits per heavy atom. The number of nitrogen functional groups attached to an aromatic ring is 2. The first-order valence-electron chi connectivity index (χ1n) is 11.0. The van der Waals surface area contributed by atoms with Crippen molar-refractivity contribution in [2.24, 2.45) is 0 Å². The molecule has 1 aliphatic rings. The standard InChI is InChI=1S/C24H28Cl2N6S/c25-20-7-3-1-5-17(20)15-19-22(27)29-24(30-23(19)28)33-14-13-31-9-11-32(12-10-31)16-18-6-2-4-8-21(18)26/h1-8H,9-16H2,(H4,27,28,29,30). The van der Waals surface area contributed by atoms with Gasteiger partial charge in [-0.05, 0) is 23.3 Å². The van der Waals surface area contributed by atoms with Crippen LogP contribution in [0.1, 0.15) is 16.7 Å². The number of hydrogen-bond donors (Lipinski definition) is 2. The van der Waals surface area contributed by atoms with Gasteiger partial charge in [-0.15, -0.1) is 0 Å². The van der Waals surface area contributed by atoms with Crippen LogP contribution in [0.3, 0.4) is 0 Å². The van der Waals surface area contributed by atoms with Gasteiger partial charge in [0.15, 0.2) is 5.16 Å². The molecule has 2 aromatic carbocycles. The van der Waals surface area contributed by atoms with Gasteiger partial charge in [-0.2, -0.15) is 0 Å². The minimum absolute atomic E-state index is 0.415. The van der Waals surface area contributed by atoms with Crippen LogP contribution in [0.5, 0.6) is 0 Å². The van der Waals surface area contributed by atoms with Gasteiger partial charge < -0.3 is 11.5 Å². The number of thioether (sulfide) groups is 1. The summed E-state index contributed by atoms with van der Waals surface area (Å²) < 4.78 is 0. The van der Waals surface area contributed by atoms with E-state index in [0.29, 0.717) is 28.2 Å². The summed E-state index contributed by atoms with van der Waals surface area (Å²) >= 11 is 14.2. The molecule has 3 aromatic rings. The summed E-state index contributed by atoms with van der Waals surface area (Å²) in [6.07, 6.45) is 0.515. The molecule has 0 atom stereocenters. The van der Waals surface area contributed by atoms with E-state index in [9.17, 15) is 0 Å². The molecule has 33 heavy (non-hydrogen) atoms. The summed E-state index contributed by atoms with van der Waals surface area (Å²) in [5, 5.41) is 2.14. The summed E-state index contributed by atoms with van der Waals surface area (Å²) in [5.74, 6) is 1.71. The maximum absolute atomic E-state index is 6.30. The number of benzene rings is 2. The quantitative estimate of drug-likeness (QED) is 0.347. The zero-order valence-corrected chi connectivity index (χ0v) is 20.7. The Morgan fingerprint density at radius 1 is 0.788 bits per heavy atom. The van der Waals surface area contributed by atoms with Crippen molar-refractivity contribution in [3.8, 4) is 0 Å². The summed E-state index contributed by atoms with van der Waals surface area (Å²) in [5.41, 5.74) is 15.3. The minimum Gasteiger partial charge on any atom is -0.383 e. The van der Waals surface area contributed by atoms with Crippen molar-refractivity contribution in [2.45, 2.75) is 18.1 Å². The van der Waals surface area contributed by atoms with Crippen molar-refractivity contribution in [1.29, 1.82) is 0 Å². The number of aromatic nitrogens is 2. The van der Waals surface area contributed by atoms with Crippen molar-refractivity contribution in [1.82, 2.24) is 19.8 Å². The van der Waals surface area contributed by atoms with Crippen molar-refractivity contribution in [3.05, 3.63) is 75.3 Å². The summed E-state index contributed by atoms with van der Waals surface area (Å²) in [4.78, 5) is 13.9. The molecular weight excluding hydrogens is 475 g/mol. The lowest BCUT2D eigenvalue weighted by atomic mass is 10.1. The minimum atomic E-state index is 0.415. The first-order valence-corrected chi connectivity index (χ1v) is 12.7. The van der Waals surface area contributed by atoms with Gasteiger partial charge >= 0.3 is 0 Å². The van der Waals surface area contributed by atoms with Crippen LogP contribution in [0, 0.1) is 0 Å². The molecule has 1 aromatic heterocycles. The van der Waals surface area contributed by atoms with Gasteiger partial charge in [-0.3, -0.25) is 9.80 Å². The van der Waals surface area contributed by atoms with Gasteiger partial charge in [0.2, 0.25) is 0 Å². The Hall–Kier alpha value is -2.03. The Morgan fingerprint density at radius 2 is 1.33 bits per heavy atom. The Bertz CT molecular complexity index is 1070. The van der Waals surface area contributed by atoms with Gasteiger partial charge in [-0.25, -0.2) is 9.97 Å². The van der Waals surface area contributed by atoms with Gasteiger partial charge in [0.1, 0.15) is 11.6 Å². The third kappa shape index (κ3) is 6.52. The molecule has 1 saturated heterocycles. The number of rotatable bonds is 8. The van der Waals surface area contributed by atoms with E-state index in [1.165, 1.54) is 5.56 Å². The van der Waals surface area contributed by atoms with E-state index in [1.807, 2.05) is 42.5 Å². The SMILES string of the molecule is Nc1nc(SCCN2CCN(Cc3ccccc3Cl)CC2)nc(N)c1Cc1ccccc1Cl. The average Bonchev–Trinajstić information content (AvgIpc) is 2.80. The van der Waals surface area contributed by atoms with Crippen LogP contribution in [0.4, 0.5) is 11.6 Å². The molecule has 2 heterocycles. The monoisotopic (exact) mass is 502 g/mol. The maximum atomic E-state index is 6.30. The molecule has 1 fully saturated rings. The predicted molar refractivity (Wildman–Crippen MR) is 139 cm³/mol. The molecule has 174 valence electrons. The van der Waals surface area contributed by atoms with E-state index in [2.05, 4.69) is 25.8 Å². The molecule has 1 aliphatic heterocycles. The largest absolute Gasteiger partial charge is 0.383 e. The number of nitrogens with two attached hydrogens (primary N) is 2. The zero-order chi connectivity index (χ0) is 23.2. The molecule has 0 aliphatic carbocycles. The van der Waals surface area contributed by atoms with Crippen LogP contribution in [0.2, 0.25) is 10.0 Å². The highest BCUT2D eigenvalue weighted by Gasteiger charge is 2.18. The lowest BCUT2D eigenvalue weighted by Gasteiger charge is -2.34. The van der Waals surface area contributed by atoms with Crippen molar-refractivity contribution in [2.75, 3.05) is 49.9 Å². The summed E-state index contributed by atoms with van der Waals surface area (Å²) in [7, 11) is 0.